The van der Waals surface area contributed by atoms with Crippen LogP contribution in [0.3, 0.4) is 0 Å². The van der Waals surface area contributed by atoms with Crippen LogP contribution in [0.1, 0.15) is 38.2 Å². The number of aryl methyl sites for hydroxylation is 1. The Morgan fingerprint density at radius 3 is 2.65 bits per heavy atom. The van der Waals surface area contributed by atoms with E-state index < -0.39 is 0 Å². The summed E-state index contributed by atoms with van der Waals surface area (Å²) in [6, 6.07) is 0. The van der Waals surface area contributed by atoms with Crippen LogP contribution in [0.25, 0.3) is 0 Å². The molecule has 0 aliphatic carbocycles. The Hall–Kier alpha value is -1.56. The first-order valence-electron chi connectivity index (χ1n) is 10.3. The number of aromatic nitrogens is 2. The first-order valence-corrected chi connectivity index (χ1v) is 10.3. The summed E-state index contributed by atoms with van der Waals surface area (Å²) < 4.78 is 1.90. The van der Waals surface area contributed by atoms with Crippen LogP contribution in [-0.2, 0) is 13.5 Å². The fourth-order valence-corrected chi connectivity index (χ4v) is 4.41. The number of hydrogen-bond acceptors (Lipinski definition) is 3. The predicted octanol–water partition coefficient (Wildman–Crippen LogP) is 1.98. The zero-order valence-electron chi connectivity index (χ0n) is 16.8. The molecule has 6 heteroatoms. The number of hydrogen-bond donors (Lipinski definition) is 1. The van der Waals surface area contributed by atoms with E-state index in [1.165, 1.54) is 50.9 Å². The zero-order chi connectivity index (χ0) is 18.4. The minimum Gasteiger partial charge on any atom is -0.356 e. The topological polar surface area (TPSA) is 48.7 Å². The standard InChI is InChI=1S/C20H36N6/c1-4-25-10-6-17(7-11-25)5-9-22-20(21-2)26-12-8-18(16-26)13-19-14-23-24(3)15-19/h14-15,17-18H,4-13,16H2,1-3H3,(H,21,22). The summed E-state index contributed by atoms with van der Waals surface area (Å²) in [6.45, 7) is 9.28. The highest BCUT2D eigenvalue weighted by Crippen LogP contribution is 2.22. The molecule has 1 N–H and O–H groups in total. The minimum absolute atomic E-state index is 0.705. The molecule has 2 saturated heterocycles. The van der Waals surface area contributed by atoms with Crippen molar-refractivity contribution in [2.24, 2.45) is 23.9 Å². The Labute approximate surface area is 158 Å². The van der Waals surface area contributed by atoms with E-state index in [-0.39, 0.29) is 0 Å². The molecule has 2 fully saturated rings. The summed E-state index contributed by atoms with van der Waals surface area (Å²) in [5.41, 5.74) is 1.35. The number of likely N-dealkylation sites (tertiary alicyclic amines) is 2. The fourth-order valence-electron chi connectivity index (χ4n) is 4.41. The van der Waals surface area contributed by atoms with Gasteiger partial charge in [-0.3, -0.25) is 9.67 Å². The van der Waals surface area contributed by atoms with Crippen molar-refractivity contribution >= 4 is 5.96 Å². The second-order valence-electron chi connectivity index (χ2n) is 7.97. The minimum atomic E-state index is 0.705. The summed E-state index contributed by atoms with van der Waals surface area (Å²) in [5, 5.41) is 7.91. The number of rotatable bonds is 6. The summed E-state index contributed by atoms with van der Waals surface area (Å²) in [5.74, 6) is 2.67. The summed E-state index contributed by atoms with van der Waals surface area (Å²) in [7, 11) is 3.90. The molecule has 1 aromatic rings. The highest BCUT2D eigenvalue weighted by Gasteiger charge is 2.25. The summed E-state index contributed by atoms with van der Waals surface area (Å²) in [6.07, 6.45) is 10.5. The van der Waals surface area contributed by atoms with Gasteiger partial charge in [-0.25, -0.2) is 0 Å². The Morgan fingerprint density at radius 2 is 2.00 bits per heavy atom. The number of nitrogens with zero attached hydrogens (tertiary/aromatic N) is 5. The molecule has 0 amide bonds. The first kappa shape index (κ1) is 19.2. The van der Waals surface area contributed by atoms with E-state index in [1.54, 1.807) is 0 Å². The van der Waals surface area contributed by atoms with Gasteiger partial charge in [0.15, 0.2) is 5.96 Å². The average Bonchev–Trinajstić information content (AvgIpc) is 3.28. The van der Waals surface area contributed by atoms with Crippen LogP contribution >= 0.6 is 0 Å². The summed E-state index contributed by atoms with van der Waals surface area (Å²) >= 11 is 0. The van der Waals surface area contributed by atoms with Crippen LogP contribution in [0, 0.1) is 11.8 Å². The van der Waals surface area contributed by atoms with Gasteiger partial charge in [-0.05, 0) is 69.1 Å². The van der Waals surface area contributed by atoms with Gasteiger partial charge in [-0.15, -0.1) is 0 Å². The van der Waals surface area contributed by atoms with Gasteiger partial charge in [0.1, 0.15) is 0 Å². The lowest BCUT2D eigenvalue weighted by molar-refractivity contribution is 0.187. The molecule has 0 spiro atoms. The summed E-state index contributed by atoms with van der Waals surface area (Å²) in [4.78, 5) is 9.53. The molecule has 2 aliphatic heterocycles. The third-order valence-electron chi connectivity index (χ3n) is 6.07. The monoisotopic (exact) mass is 360 g/mol. The van der Waals surface area contributed by atoms with E-state index in [1.807, 2.05) is 25.0 Å². The second-order valence-corrected chi connectivity index (χ2v) is 7.97. The van der Waals surface area contributed by atoms with E-state index in [9.17, 15) is 0 Å². The highest BCUT2D eigenvalue weighted by atomic mass is 15.3. The quantitative estimate of drug-likeness (QED) is 0.623. The van der Waals surface area contributed by atoms with Crippen LogP contribution < -0.4 is 5.32 Å². The Morgan fingerprint density at radius 1 is 1.23 bits per heavy atom. The zero-order valence-corrected chi connectivity index (χ0v) is 16.8. The van der Waals surface area contributed by atoms with Crippen LogP contribution in [0.5, 0.6) is 0 Å². The number of aliphatic imine (C=N–C) groups is 1. The van der Waals surface area contributed by atoms with Gasteiger partial charge in [0.25, 0.3) is 0 Å². The largest absolute Gasteiger partial charge is 0.356 e. The van der Waals surface area contributed by atoms with E-state index in [4.69, 9.17) is 0 Å². The van der Waals surface area contributed by atoms with Crippen LogP contribution in [-0.4, -0.2) is 71.9 Å². The Balaban J connectivity index is 1.38. The third-order valence-corrected chi connectivity index (χ3v) is 6.07. The molecule has 1 aromatic heterocycles. The first-order chi connectivity index (χ1) is 12.7. The lowest BCUT2D eigenvalue weighted by Crippen LogP contribution is -2.41. The third kappa shape index (κ3) is 5.22. The van der Waals surface area contributed by atoms with Gasteiger partial charge < -0.3 is 15.1 Å². The van der Waals surface area contributed by atoms with E-state index >= 15 is 0 Å². The van der Waals surface area contributed by atoms with Crippen molar-refractivity contribution in [2.45, 2.75) is 39.0 Å². The molecule has 0 saturated carbocycles. The van der Waals surface area contributed by atoms with Crippen molar-refractivity contribution in [1.82, 2.24) is 24.9 Å². The van der Waals surface area contributed by atoms with Gasteiger partial charge in [0.2, 0.25) is 0 Å². The highest BCUT2D eigenvalue weighted by molar-refractivity contribution is 5.80. The molecule has 0 radical (unpaired) electrons. The smallest absolute Gasteiger partial charge is 0.193 e. The van der Waals surface area contributed by atoms with Crippen molar-refractivity contribution in [3.05, 3.63) is 18.0 Å². The molecule has 0 bridgehead atoms. The number of guanidine groups is 1. The van der Waals surface area contributed by atoms with Crippen LogP contribution in [0.2, 0.25) is 0 Å². The van der Waals surface area contributed by atoms with E-state index in [0.717, 1.165) is 37.9 Å². The van der Waals surface area contributed by atoms with Gasteiger partial charge in [-0.1, -0.05) is 6.92 Å². The molecular weight excluding hydrogens is 324 g/mol. The molecule has 3 rings (SSSR count). The van der Waals surface area contributed by atoms with Gasteiger partial charge >= 0.3 is 0 Å². The normalized spacial score (nSPS) is 23.0. The predicted molar refractivity (Wildman–Crippen MR) is 107 cm³/mol. The number of piperidine rings is 1. The van der Waals surface area contributed by atoms with E-state index in [2.05, 4.69) is 38.3 Å². The second kappa shape index (κ2) is 9.40. The molecule has 2 aliphatic rings. The van der Waals surface area contributed by atoms with Gasteiger partial charge in [0, 0.05) is 39.9 Å². The maximum absolute atomic E-state index is 4.53. The van der Waals surface area contributed by atoms with Crippen LogP contribution in [0.15, 0.2) is 17.4 Å². The molecule has 1 atom stereocenters. The lowest BCUT2D eigenvalue weighted by Gasteiger charge is -2.31. The van der Waals surface area contributed by atoms with Crippen LogP contribution in [0.4, 0.5) is 0 Å². The molecule has 0 aromatic carbocycles. The number of nitrogens with one attached hydrogen (secondary N) is 1. The molecule has 1 unspecified atom stereocenters. The molecule has 26 heavy (non-hydrogen) atoms. The van der Waals surface area contributed by atoms with Gasteiger partial charge in [0.05, 0.1) is 6.20 Å². The maximum Gasteiger partial charge on any atom is 0.193 e. The van der Waals surface area contributed by atoms with E-state index in [0.29, 0.717) is 5.92 Å². The van der Waals surface area contributed by atoms with Crippen molar-refractivity contribution in [2.75, 3.05) is 46.3 Å². The maximum atomic E-state index is 4.53. The molecule has 146 valence electrons. The average molecular weight is 361 g/mol. The van der Waals surface area contributed by atoms with Crippen molar-refractivity contribution in [1.29, 1.82) is 0 Å². The fraction of sp³-hybridized carbons (Fsp3) is 0.800. The molecule has 3 heterocycles. The van der Waals surface area contributed by atoms with Gasteiger partial charge in [-0.2, -0.15) is 5.10 Å². The van der Waals surface area contributed by atoms with Crippen molar-refractivity contribution in [3.8, 4) is 0 Å². The van der Waals surface area contributed by atoms with Crippen molar-refractivity contribution in [3.63, 3.8) is 0 Å². The Bertz CT molecular complexity index is 573. The lowest BCUT2D eigenvalue weighted by atomic mass is 9.93. The molecule has 6 nitrogen and oxygen atoms in total. The molecular formula is C20H36N6. The van der Waals surface area contributed by atoms with Crippen molar-refractivity contribution < 1.29 is 0 Å². The SMILES string of the molecule is CCN1CCC(CCNC(=NC)N2CCC(Cc3cnn(C)c3)C2)CC1. The Kier molecular flexibility index (Phi) is 6.94.